The molecule has 0 bridgehead atoms. The fourth-order valence-corrected chi connectivity index (χ4v) is 3.62. The van der Waals surface area contributed by atoms with E-state index >= 15 is 0 Å². The molecule has 7 nitrogen and oxygen atoms in total. The maximum atomic E-state index is 12.3. The highest BCUT2D eigenvalue weighted by atomic mass is 16.5. The van der Waals surface area contributed by atoms with E-state index in [9.17, 15) is 4.79 Å². The van der Waals surface area contributed by atoms with Crippen LogP contribution in [0.2, 0.25) is 0 Å². The molecule has 0 spiro atoms. The number of nitrogens with one attached hydrogen (secondary N) is 2. The maximum absolute atomic E-state index is 12.3. The number of urea groups is 1. The lowest BCUT2D eigenvalue weighted by molar-refractivity contribution is 0.148. The van der Waals surface area contributed by atoms with E-state index in [2.05, 4.69) is 41.4 Å². The monoisotopic (exact) mass is 349 g/mol. The van der Waals surface area contributed by atoms with Gasteiger partial charge in [0, 0.05) is 38.3 Å². The normalized spacial score (nSPS) is 22.9. The summed E-state index contributed by atoms with van der Waals surface area (Å²) in [6.45, 7) is 11.2. The minimum atomic E-state index is -0.165. The maximum Gasteiger partial charge on any atom is 0.320 e. The van der Waals surface area contributed by atoms with Crippen molar-refractivity contribution in [2.45, 2.75) is 51.6 Å². The Hall–Kier alpha value is -1.60. The highest BCUT2D eigenvalue weighted by Gasteiger charge is 2.25. The fraction of sp³-hybridized carbons (Fsp3) is 0.778. The molecule has 0 aliphatic carbocycles. The number of nitrogens with zero attached hydrogens (tertiary/aromatic N) is 3. The Morgan fingerprint density at radius 3 is 2.72 bits per heavy atom. The van der Waals surface area contributed by atoms with E-state index in [4.69, 9.17) is 4.74 Å². The van der Waals surface area contributed by atoms with Crippen molar-refractivity contribution in [1.29, 1.82) is 0 Å². The minimum absolute atomic E-state index is 0.145. The smallest absolute Gasteiger partial charge is 0.320 e. The quantitative estimate of drug-likeness (QED) is 0.875. The fourth-order valence-electron chi connectivity index (χ4n) is 3.62. The minimum Gasteiger partial charge on any atom is -0.381 e. The number of carbonyl (C=O) groups excluding carboxylic acids is 1. The third-order valence-electron chi connectivity index (χ3n) is 4.98. The molecule has 2 saturated heterocycles. The van der Waals surface area contributed by atoms with Gasteiger partial charge in [0.25, 0.3) is 0 Å². The van der Waals surface area contributed by atoms with Gasteiger partial charge in [-0.3, -0.25) is 5.32 Å². The summed E-state index contributed by atoms with van der Waals surface area (Å²) in [5.41, 5.74) is -0.165. The van der Waals surface area contributed by atoms with E-state index in [-0.39, 0.29) is 17.6 Å². The lowest BCUT2D eigenvalue weighted by atomic mass is 10.0. The molecule has 140 valence electrons. The first kappa shape index (κ1) is 18.2. The average molecular weight is 349 g/mol. The predicted molar refractivity (Wildman–Crippen MR) is 97.8 cm³/mol. The Kier molecular flexibility index (Phi) is 5.64. The van der Waals surface area contributed by atoms with E-state index < -0.39 is 0 Å². The lowest BCUT2D eigenvalue weighted by Gasteiger charge is -2.33. The van der Waals surface area contributed by atoms with Gasteiger partial charge in [0.2, 0.25) is 0 Å². The largest absolute Gasteiger partial charge is 0.381 e. The van der Waals surface area contributed by atoms with Crippen LogP contribution in [0.1, 0.15) is 40.0 Å². The van der Waals surface area contributed by atoms with Gasteiger partial charge in [-0.2, -0.15) is 5.10 Å². The van der Waals surface area contributed by atoms with Crippen molar-refractivity contribution in [3.05, 3.63) is 12.3 Å². The summed E-state index contributed by atoms with van der Waals surface area (Å²) >= 11 is 0. The van der Waals surface area contributed by atoms with Crippen molar-refractivity contribution in [2.75, 3.05) is 38.2 Å². The van der Waals surface area contributed by atoms with Gasteiger partial charge in [0.05, 0.1) is 18.3 Å². The molecule has 2 N–H and O–H groups in total. The zero-order valence-corrected chi connectivity index (χ0v) is 15.6. The van der Waals surface area contributed by atoms with Crippen molar-refractivity contribution in [3.63, 3.8) is 0 Å². The van der Waals surface area contributed by atoms with Crippen LogP contribution in [0, 0.1) is 5.92 Å². The number of hydrogen-bond acceptors (Lipinski definition) is 4. The van der Waals surface area contributed by atoms with Crippen LogP contribution in [0.5, 0.6) is 0 Å². The van der Waals surface area contributed by atoms with Crippen molar-refractivity contribution < 1.29 is 9.53 Å². The van der Waals surface area contributed by atoms with Crippen molar-refractivity contribution in [1.82, 2.24) is 20.0 Å². The Morgan fingerprint density at radius 1 is 1.32 bits per heavy atom. The topological polar surface area (TPSA) is 71.4 Å². The van der Waals surface area contributed by atoms with Crippen LogP contribution < -0.4 is 10.6 Å². The molecule has 0 aromatic carbocycles. The second-order valence-corrected chi connectivity index (χ2v) is 8.20. The molecule has 3 rings (SSSR count). The molecule has 2 fully saturated rings. The number of aromatic nitrogens is 2. The molecular formula is C18H31N5O2. The molecule has 2 aliphatic rings. The Balaban J connectivity index is 1.43. The molecule has 1 aromatic heterocycles. The first-order chi connectivity index (χ1) is 11.9. The van der Waals surface area contributed by atoms with Gasteiger partial charge < -0.3 is 15.0 Å². The van der Waals surface area contributed by atoms with Crippen LogP contribution in [0.15, 0.2) is 12.3 Å². The van der Waals surface area contributed by atoms with Crippen LogP contribution >= 0.6 is 0 Å². The van der Waals surface area contributed by atoms with Gasteiger partial charge in [-0.05, 0) is 46.0 Å². The number of hydrogen-bond donors (Lipinski definition) is 2. The summed E-state index contributed by atoms with van der Waals surface area (Å²) in [5, 5.41) is 10.3. The lowest BCUT2D eigenvalue weighted by Crippen LogP contribution is -2.47. The highest BCUT2D eigenvalue weighted by Crippen LogP contribution is 2.20. The van der Waals surface area contributed by atoms with Crippen LogP contribution in [0.3, 0.4) is 0 Å². The molecule has 0 unspecified atom stereocenters. The van der Waals surface area contributed by atoms with E-state index in [1.807, 2.05) is 10.7 Å². The van der Waals surface area contributed by atoms with Gasteiger partial charge in [-0.15, -0.1) is 0 Å². The number of carbonyl (C=O) groups is 1. The van der Waals surface area contributed by atoms with Crippen LogP contribution in [-0.4, -0.2) is 59.6 Å². The molecular weight excluding hydrogens is 318 g/mol. The number of ether oxygens (including phenoxy) is 1. The predicted octanol–water partition coefficient (Wildman–Crippen LogP) is 2.26. The molecule has 7 heteroatoms. The number of piperidine rings is 1. The summed E-state index contributed by atoms with van der Waals surface area (Å²) in [7, 11) is 0. The molecule has 0 saturated carbocycles. The van der Waals surface area contributed by atoms with Crippen LogP contribution in [0.4, 0.5) is 10.6 Å². The Bertz CT molecular complexity index is 566. The summed E-state index contributed by atoms with van der Waals surface area (Å²) in [5.74, 6) is 1.41. The summed E-state index contributed by atoms with van der Waals surface area (Å²) in [4.78, 5) is 14.8. The second-order valence-electron chi connectivity index (χ2n) is 8.20. The first-order valence-electron chi connectivity index (χ1n) is 9.34. The third kappa shape index (κ3) is 4.95. The van der Waals surface area contributed by atoms with Gasteiger partial charge in [0.1, 0.15) is 5.82 Å². The molecule has 1 atom stereocenters. The second kappa shape index (κ2) is 7.74. The zero-order chi connectivity index (χ0) is 17.9. The molecule has 3 heterocycles. The molecule has 1 aromatic rings. The molecule has 2 amide bonds. The van der Waals surface area contributed by atoms with Crippen molar-refractivity contribution >= 4 is 11.8 Å². The Labute approximate surface area is 150 Å². The summed E-state index contributed by atoms with van der Waals surface area (Å²) in [6.07, 6.45) is 4.90. The number of likely N-dealkylation sites (tertiary alicyclic amines) is 1. The van der Waals surface area contributed by atoms with Gasteiger partial charge in [-0.25, -0.2) is 9.48 Å². The van der Waals surface area contributed by atoms with Gasteiger partial charge in [-0.1, -0.05) is 0 Å². The average Bonchev–Trinajstić information content (AvgIpc) is 3.20. The SMILES string of the molecule is CC(C)(C)n1nccc1NC(=O)NC1CCN(C[C@H]2CCOC2)CC1. The zero-order valence-electron chi connectivity index (χ0n) is 15.6. The number of anilines is 1. The summed E-state index contributed by atoms with van der Waals surface area (Å²) < 4.78 is 7.29. The number of rotatable bonds is 4. The van der Waals surface area contributed by atoms with Crippen LogP contribution in [0.25, 0.3) is 0 Å². The van der Waals surface area contributed by atoms with Crippen molar-refractivity contribution in [3.8, 4) is 0 Å². The number of amides is 2. The third-order valence-corrected chi connectivity index (χ3v) is 4.98. The van der Waals surface area contributed by atoms with E-state index in [0.29, 0.717) is 5.92 Å². The van der Waals surface area contributed by atoms with Gasteiger partial charge in [0.15, 0.2) is 0 Å². The summed E-state index contributed by atoms with van der Waals surface area (Å²) in [6, 6.07) is 1.92. The van der Waals surface area contributed by atoms with Crippen LogP contribution in [-0.2, 0) is 10.3 Å². The molecule has 0 radical (unpaired) electrons. The van der Waals surface area contributed by atoms with Gasteiger partial charge >= 0.3 is 6.03 Å². The molecule has 25 heavy (non-hydrogen) atoms. The van der Waals surface area contributed by atoms with Crippen molar-refractivity contribution in [2.24, 2.45) is 5.92 Å². The first-order valence-corrected chi connectivity index (χ1v) is 9.34. The standard InChI is InChI=1S/C18H31N5O2/c1-18(2,3)23-16(4-8-19-23)21-17(24)20-15-5-9-22(10-6-15)12-14-7-11-25-13-14/h4,8,14-15H,5-7,9-13H2,1-3H3,(H2,20,21,24)/t14-/m1/s1. The van der Waals surface area contributed by atoms with E-state index in [1.165, 1.54) is 6.42 Å². The Morgan fingerprint density at radius 2 is 2.08 bits per heavy atom. The molecule has 2 aliphatic heterocycles. The van der Waals surface area contributed by atoms with E-state index in [0.717, 1.165) is 51.5 Å². The highest BCUT2D eigenvalue weighted by molar-refractivity contribution is 5.88. The van der Waals surface area contributed by atoms with E-state index in [1.54, 1.807) is 6.20 Å².